The molecule has 0 radical (unpaired) electrons. The molecule has 0 aliphatic rings. The second-order valence-corrected chi connectivity index (χ2v) is 8.81. The van der Waals surface area contributed by atoms with Gasteiger partial charge in [0.15, 0.2) is 0 Å². The van der Waals surface area contributed by atoms with Crippen LogP contribution in [0.2, 0.25) is 0 Å². The van der Waals surface area contributed by atoms with Crippen LogP contribution in [0.3, 0.4) is 0 Å². The lowest BCUT2D eigenvalue weighted by Crippen LogP contribution is -2.15. The van der Waals surface area contributed by atoms with Gasteiger partial charge in [-0.15, -0.1) is 0 Å². The number of amides is 1. The topological polar surface area (TPSA) is 75.3 Å². The Hall–Kier alpha value is -3.38. The minimum Gasteiger partial charge on any atom is -0.323 e. The maximum Gasteiger partial charge on any atom is 0.261 e. The summed E-state index contributed by atoms with van der Waals surface area (Å²) >= 11 is 0. The molecule has 0 heterocycles. The molecule has 3 aromatic carbocycles. The first-order valence-corrected chi connectivity index (χ1v) is 11.0. The number of hydrogen-bond acceptors (Lipinski definition) is 3. The Kier molecular flexibility index (Phi) is 6.37. The zero-order valence-corrected chi connectivity index (χ0v) is 18.0. The van der Waals surface area contributed by atoms with Gasteiger partial charge in [0.1, 0.15) is 0 Å². The van der Waals surface area contributed by atoms with Gasteiger partial charge < -0.3 is 5.32 Å². The van der Waals surface area contributed by atoms with Crippen molar-refractivity contribution in [1.82, 2.24) is 0 Å². The molecule has 3 rings (SSSR count). The molecule has 0 spiro atoms. The van der Waals surface area contributed by atoms with Gasteiger partial charge in [0, 0.05) is 11.8 Å². The van der Waals surface area contributed by atoms with E-state index in [2.05, 4.69) is 10.0 Å². The number of nitrogens with one attached hydrogen (secondary N) is 2. The van der Waals surface area contributed by atoms with Crippen LogP contribution in [0.25, 0.3) is 6.08 Å². The van der Waals surface area contributed by atoms with Gasteiger partial charge in [-0.2, -0.15) is 0 Å². The molecule has 1 amide bonds. The van der Waals surface area contributed by atoms with Gasteiger partial charge in [-0.1, -0.05) is 48.0 Å². The van der Waals surface area contributed by atoms with Crippen LogP contribution in [0.4, 0.5) is 11.4 Å². The van der Waals surface area contributed by atoms with E-state index in [1.807, 2.05) is 63.2 Å². The van der Waals surface area contributed by atoms with E-state index in [1.54, 1.807) is 18.2 Å². The maximum absolute atomic E-state index is 12.7. The minimum atomic E-state index is -3.73. The molecule has 0 saturated heterocycles. The van der Waals surface area contributed by atoms with Crippen molar-refractivity contribution in [2.24, 2.45) is 0 Å². The standard InChI is InChI=1S/C24H24N2O3S/c1-17-7-9-20(10-8-17)11-16-23(27)25-21-12-14-22(15-13-21)30(28,29)26-24-18(2)5-4-6-19(24)3/h4-16,26H,1-3H3,(H,25,27)/b16-11+. The van der Waals surface area contributed by atoms with Crippen LogP contribution in [0, 0.1) is 20.8 Å². The van der Waals surface area contributed by atoms with Crippen LogP contribution in [-0.2, 0) is 14.8 Å². The number of carbonyl (C=O) groups is 1. The number of sulfonamides is 1. The Morgan fingerprint density at radius 3 is 2.03 bits per heavy atom. The molecule has 0 bridgehead atoms. The minimum absolute atomic E-state index is 0.123. The lowest BCUT2D eigenvalue weighted by atomic mass is 10.1. The summed E-state index contributed by atoms with van der Waals surface area (Å²) in [5, 5.41) is 2.73. The van der Waals surface area contributed by atoms with Gasteiger partial charge in [0.05, 0.1) is 10.6 Å². The van der Waals surface area contributed by atoms with Crippen molar-refractivity contribution in [2.45, 2.75) is 25.7 Å². The average molecular weight is 421 g/mol. The van der Waals surface area contributed by atoms with Crippen LogP contribution >= 0.6 is 0 Å². The molecular weight excluding hydrogens is 396 g/mol. The highest BCUT2D eigenvalue weighted by atomic mass is 32.2. The van der Waals surface area contributed by atoms with Gasteiger partial charge in [0.25, 0.3) is 10.0 Å². The third-order valence-corrected chi connectivity index (χ3v) is 6.02. The molecule has 5 nitrogen and oxygen atoms in total. The lowest BCUT2D eigenvalue weighted by Gasteiger charge is -2.13. The van der Waals surface area contributed by atoms with Crippen molar-refractivity contribution < 1.29 is 13.2 Å². The Morgan fingerprint density at radius 2 is 1.43 bits per heavy atom. The quantitative estimate of drug-likeness (QED) is 0.547. The lowest BCUT2D eigenvalue weighted by molar-refractivity contribution is -0.111. The summed E-state index contributed by atoms with van der Waals surface area (Å²) in [6, 6.07) is 19.5. The highest BCUT2D eigenvalue weighted by Gasteiger charge is 2.16. The van der Waals surface area contributed by atoms with Crippen LogP contribution in [0.5, 0.6) is 0 Å². The van der Waals surface area contributed by atoms with E-state index >= 15 is 0 Å². The zero-order chi connectivity index (χ0) is 21.7. The second kappa shape index (κ2) is 8.97. The van der Waals surface area contributed by atoms with Crippen LogP contribution in [0.15, 0.2) is 77.7 Å². The highest BCUT2D eigenvalue weighted by Crippen LogP contribution is 2.24. The fourth-order valence-electron chi connectivity index (χ4n) is 2.92. The normalized spacial score (nSPS) is 11.4. The molecule has 0 saturated carbocycles. The van der Waals surface area contributed by atoms with Crippen molar-refractivity contribution in [2.75, 3.05) is 10.0 Å². The molecule has 154 valence electrons. The summed E-state index contributed by atoms with van der Waals surface area (Å²) in [6.07, 6.45) is 3.17. The van der Waals surface area contributed by atoms with Crippen molar-refractivity contribution in [3.05, 3.63) is 95.1 Å². The smallest absolute Gasteiger partial charge is 0.261 e. The van der Waals surface area contributed by atoms with Crippen LogP contribution < -0.4 is 10.0 Å². The number of carbonyl (C=O) groups excluding carboxylic acids is 1. The van der Waals surface area contributed by atoms with E-state index in [4.69, 9.17) is 0 Å². The van der Waals surface area contributed by atoms with Crippen molar-refractivity contribution in [1.29, 1.82) is 0 Å². The summed E-state index contributed by atoms with van der Waals surface area (Å²) in [5.41, 5.74) is 4.87. The Balaban J connectivity index is 1.68. The van der Waals surface area contributed by atoms with E-state index in [0.29, 0.717) is 11.4 Å². The predicted molar refractivity (Wildman–Crippen MR) is 122 cm³/mol. The van der Waals surface area contributed by atoms with Gasteiger partial charge in [-0.3, -0.25) is 9.52 Å². The summed E-state index contributed by atoms with van der Waals surface area (Å²) in [7, 11) is -3.73. The average Bonchev–Trinajstić information content (AvgIpc) is 2.71. The first kappa shape index (κ1) is 21.3. The summed E-state index contributed by atoms with van der Waals surface area (Å²) in [5.74, 6) is -0.292. The van der Waals surface area contributed by atoms with E-state index in [1.165, 1.54) is 18.2 Å². The fourth-order valence-corrected chi connectivity index (χ4v) is 4.12. The molecule has 0 unspecified atom stereocenters. The zero-order valence-electron chi connectivity index (χ0n) is 17.1. The summed E-state index contributed by atoms with van der Waals surface area (Å²) in [4.78, 5) is 12.2. The molecule has 0 fully saturated rings. The fraction of sp³-hybridized carbons (Fsp3) is 0.125. The van der Waals surface area contributed by atoms with Gasteiger partial charge in [-0.05, 0) is 67.8 Å². The second-order valence-electron chi connectivity index (χ2n) is 7.13. The molecule has 30 heavy (non-hydrogen) atoms. The molecule has 2 N–H and O–H groups in total. The summed E-state index contributed by atoms with van der Waals surface area (Å²) < 4.78 is 28.1. The number of rotatable bonds is 6. The number of anilines is 2. The molecular formula is C24H24N2O3S. The molecule has 0 aromatic heterocycles. The van der Waals surface area contributed by atoms with Crippen LogP contribution in [0.1, 0.15) is 22.3 Å². The van der Waals surface area contributed by atoms with E-state index in [9.17, 15) is 13.2 Å². The first-order chi connectivity index (χ1) is 14.2. The molecule has 0 atom stereocenters. The van der Waals surface area contributed by atoms with Gasteiger partial charge in [0.2, 0.25) is 5.91 Å². The SMILES string of the molecule is Cc1ccc(/C=C/C(=O)Nc2ccc(S(=O)(=O)Nc3c(C)cccc3C)cc2)cc1. The monoisotopic (exact) mass is 420 g/mol. The largest absolute Gasteiger partial charge is 0.323 e. The number of benzene rings is 3. The number of para-hydroxylation sites is 1. The maximum atomic E-state index is 12.7. The Bertz CT molecular complexity index is 1160. The third-order valence-electron chi connectivity index (χ3n) is 4.65. The van der Waals surface area contributed by atoms with Gasteiger partial charge >= 0.3 is 0 Å². The van der Waals surface area contributed by atoms with E-state index < -0.39 is 10.0 Å². The third kappa shape index (κ3) is 5.36. The predicted octanol–water partition coefficient (Wildman–Crippen LogP) is 5.06. The number of aryl methyl sites for hydroxylation is 3. The highest BCUT2D eigenvalue weighted by molar-refractivity contribution is 7.92. The molecule has 0 aliphatic carbocycles. The van der Waals surface area contributed by atoms with Crippen molar-refractivity contribution in [3.8, 4) is 0 Å². The Morgan fingerprint density at radius 1 is 0.833 bits per heavy atom. The number of hydrogen-bond donors (Lipinski definition) is 2. The Labute approximate surface area is 177 Å². The first-order valence-electron chi connectivity index (χ1n) is 9.49. The van der Waals surface area contributed by atoms with Crippen molar-refractivity contribution >= 4 is 33.4 Å². The van der Waals surface area contributed by atoms with E-state index in [0.717, 1.165) is 22.3 Å². The van der Waals surface area contributed by atoms with E-state index in [-0.39, 0.29) is 10.8 Å². The molecule has 6 heteroatoms. The summed E-state index contributed by atoms with van der Waals surface area (Å²) in [6.45, 7) is 5.71. The van der Waals surface area contributed by atoms with Gasteiger partial charge in [-0.25, -0.2) is 8.42 Å². The molecule has 0 aliphatic heterocycles. The van der Waals surface area contributed by atoms with Crippen LogP contribution in [-0.4, -0.2) is 14.3 Å². The van der Waals surface area contributed by atoms with Crippen molar-refractivity contribution in [3.63, 3.8) is 0 Å². The molecule has 3 aromatic rings.